The van der Waals surface area contributed by atoms with Crippen molar-refractivity contribution in [2.75, 3.05) is 18.8 Å². The SMILES string of the molecule is C[C@H]1CCCN(C(=O)CSc2n[nH]c(COc3ccc(Cl)cc3)n2)C1. The zero-order valence-electron chi connectivity index (χ0n) is 14.1. The van der Waals surface area contributed by atoms with Gasteiger partial charge in [-0.2, -0.15) is 0 Å². The van der Waals surface area contributed by atoms with E-state index in [9.17, 15) is 4.79 Å². The van der Waals surface area contributed by atoms with Crippen LogP contribution in [0.2, 0.25) is 5.02 Å². The van der Waals surface area contributed by atoms with Gasteiger partial charge in [-0.25, -0.2) is 4.98 Å². The summed E-state index contributed by atoms with van der Waals surface area (Å²) in [5, 5.41) is 8.20. The highest BCUT2D eigenvalue weighted by molar-refractivity contribution is 7.99. The summed E-state index contributed by atoms with van der Waals surface area (Å²) in [4.78, 5) is 18.6. The Morgan fingerprint density at radius 3 is 3.00 bits per heavy atom. The summed E-state index contributed by atoms with van der Waals surface area (Å²) >= 11 is 7.19. The molecule has 0 spiro atoms. The fraction of sp³-hybridized carbons (Fsp3) is 0.471. The van der Waals surface area contributed by atoms with Crippen LogP contribution in [-0.4, -0.2) is 44.8 Å². The number of piperidine rings is 1. The molecule has 0 unspecified atom stereocenters. The molecule has 6 nitrogen and oxygen atoms in total. The molecule has 25 heavy (non-hydrogen) atoms. The molecule has 2 heterocycles. The minimum Gasteiger partial charge on any atom is -0.486 e. The number of likely N-dealkylation sites (tertiary alicyclic amines) is 1. The number of rotatable bonds is 6. The third-order valence-electron chi connectivity index (χ3n) is 4.03. The highest BCUT2D eigenvalue weighted by Gasteiger charge is 2.21. The summed E-state index contributed by atoms with van der Waals surface area (Å²) in [6, 6.07) is 7.14. The number of benzene rings is 1. The van der Waals surface area contributed by atoms with Crippen LogP contribution in [0.3, 0.4) is 0 Å². The molecule has 1 aromatic carbocycles. The predicted octanol–water partition coefficient (Wildman–Crippen LogP) is 3.39. The van der Waals surface area contributed by atoms with Gasteiger partial charge < -0.3 is 9.64 Å². The normalized spacial score (nSPS) is 17.5. The van der Waals surface area contributed by atoms with Crippen molar-refractivity contribution in [1.29, 1.82) is 0 Å². The van der Waals surface area contributed by atoms with E-state index in [1.807, 2.05) is 4.90 Å². The van der Waals surface area contributed by atoms with Crippen LogP contribution in [0.5, 0.6) is 5.75 Å². The van der Waals surface area contributed by atoms with Gasteiger partial charge in [0.05, 0.1) is 5.75 Å². The van der Waals surface area contributed by atoms with Crippen molar-refractivity contribution in [3.05, 3.63) is 35.1 Å². The molecular formula is C17H21ClN4O2S. The van der Waals surface area contributed by atoms with Gasteiger partial charge in [0.15, 0.2) is 5.82 Å². The number of nitrogens with one attached hydrogen (secondary N) is 1. The van der Waals surface area contributed by atoms with E-state index in [-0.39, 0.29) is 12.5 Å². The van der Waals surface area contributed by atoms with Crippen LogP contribution >= 0.6 is 23.4 Å². The zero-order valence-corrected chi connectivity index (χ0v) is 15.6. The predicted molar refractivity (Wildman–Crippen MR) is 97.9 cm³/mol. The van der Waals surface area contributed by atoms with Gasteiger partial charge in [0.2, 0.25) is 11.1 Å². The quantitative estimate of drug-likeness (QED) is 0.778. The van der Waals surface area contributed by atoms with Crippen molar-refractivity contribution in [2.45, 2.75) is 31.5 Å². The van der Waals surface area contributed by atoms with Crippen molar-refractivity contribution in [1.82, 2.24) is 20.1 Å². The minimum absolute atomic E-state index is 0.153. The molecule has 1 atom stereocenters. The molecule has 1 saturated heterocycles. The summed E-state index contributed by atoms with van der Waals surface area (Å²) in [7, 11) is 0. The summed E-state index contributed by atoms with van der Waals surface area (Å²) in [5.41, 5.74) is 0. The first-order valence-corrected chi connectivity index (χ1v) is 9.67. The standard InChI is InChI=1S/C17H21ClN4O2S/c1-12-3-2-8-22(9-12)16(23)11-25-17-19-15(20-21-17)10-24-14-6-4-13(18)5-7-14/h4-7,12H,2-3,8-11H2,1H3,(H,19,20,21)/t12-/m0/s1. The lowest BCUT2D eigenvalue weighted by Crippen LogP contribution is -2.40. The van der Waals surface area contributed by atoms with Crippen molar-refractivity contribution in [3.63, 3.8) is 0 Å². The molecule has 1 fully saturated rings. The maximum absolute atomic E-state index is 12.3. The number of aromatic nitrogens is 3. The van der Waals surface area contributed by atoms with Crippen LogP contribution in [0.15, 0.2) is 29.4 Å². The first-order valence-electron chi connectivity index (χ1n) is 8.30. The minimum atomic E-state index is 0.153. The monoisotopic (exact) mass is 380 g/mol. The van der Waals surface area contributed by atoms with Crippen LogP contribution < -0.4 is 4.74 Å². The Kier molecular flexibility index (Phi) is 6.20. The largest absolute Gasteiger partial charge is 0.486 e. The topological polar surface area (TPSA) is 71.1 Å². The number of carbonyl (C=O) groups excluding carboxylic acids is 1. The number of aromatic amines is 1. The molecule has 8 heteroatoms. The van der Waals surface area contributed by atoms with Crippen molar-refractivity contribution < 1.29 is 9.53 Å². The van der Waals surface area contributed by atoms with Crippen LogP contribution in [0, 0.1) is 5.92 Å². The Labute approximate surface area is 156 Å². The zero-order chi connectivity index (χ0) is 17.6. The van der Waals surface area contributed by atoms with Gasteiger partial charge in [0.1, 0.15) is 12.4 Å². The Morgan fingerprint density at radius 1 is 1.44 bits per heavy atom. The van der Waals surface area contributed by atoms with E-state index in [2.05, 4.69) is 22.1 Å². The molecule has 1 amide bonds. The highest BCUT2D eigenvalue weighted by atomic mass is 35.5. The Balaban J connectivity index is 1.45. The van der Waals surface area contributed by atoms with Gasteiger partial charge in [-0.05, 0) is 43.0 Å². The fourth-order valence-corrected chi connectivity index (χ4v) is 3.57. The number of ether oxygens (including phenoxy) is 1. The molecule has 1 aliphatic rings. The second kappa shape index (κ2) is 8.58. The van der Waals surface area contributed by atoms with E-state index in [1.54, 1.807) is 24.3 Å². The molecule has 0 bridgehead atoms. The molecule has 2 aromatic rings. The average Bonchev–Trinajstić information content (AvgIpc) is 3.07. The maximum Gasteiger partial charge on any atom is 0.233 e. The number of amides is 1. The number of hydrogen-bond acceptors (Lipinski definition) is 5. The molecule has 0 radical (unpaired) electrons. The number of carbonyl (C=O) groups is 1. The molecule has 3 rings (SSSR count). The van der Waals surface area contributed by atoms with E-state index < -0.39 is 0 Å². The van der Waals surface area contributed by atoms with Gasteiger partial charge in [-0.1, -0.05) is 30.3 Å². The Hall–Kier alpha value is -1.73. The lowest BCUT2D eigenvalue weighted by molar-refractivity contribution is -0.130. The molecule has 0 aliphatic carbocycles. The number of hydrogen-bond donors (Lipinski definition) is 1. The van der Waals surface area contributed by atoms with Gasteiger partial charge in [0.25, 0.3) is 0 Å². The Bertz CT molecular complexity index is 707. The van der Waals surface area contributed by atoms with Crippen LogP contribution in [0.1, 0.15) is 25.6 Å². The van der Waals surface area contributed by atoms with E-state index >= 15 is 0 Å². The van der Waals surface area contributed by atoms with E-state index in [1.165, 1.54) is 18.2 Å². The molecule has 1 aromatic heterocycles. The van der Waals surface area contributed by atoms with E-state index in [4.69, 9.17) is 16.3 Å². The molecule has 1 aliphatic heterocycles. The number of halogens is 1. The van der Waals surface area contributed by atoms with Crippen LogP contribution in [-0.2, 0) is 11.4 Å². The van der Waals surface area contributed by atoms with Crippen molar-refractivity contribution in [3.8, 4) is 5.75 Å². The fourth-order valence-electron chi connectivity index (χ4n) is 2.72. The van der Waals surface area contributed by atoms with E-state index in [0.29, 0.717) is 33.4 Å². The third kappa shape index (κ3) is 5.37. The van der Waals surface area contributed by atoms with Crippen LogP contribution in [0.25, 0.3) is 0 Å². The summed E-state index contributed by atoms with van der Waals surface area (Å²) in [6.07, 6.45) is 2.29. The lowest BCUT2D eigenvalue weighted by atomic mass is 10.0. The number of nitrogens with zero attached hydrogens (tertiary/aromatic N) is 3. The van der Waals surface area contributed by atoms with E-state index in [0.717, 1.165) is 19.5 Å². The highest BCUT2D eigenvalue weighted by Crippen LogP contribution is 2.19. The number of H-pyrrole nitrogens is 1. The maximum atomic E-state index is 12.3. The molecule has 1 N–H and O–H groups in total. The molecule has 134 valence electrons. The second-order valence-corrected chi connectivity index (χ2v) is 7.56. The molecule has 0 saturated carbocycles. The lowest BCUT2D eigenvalue weighted by Gasteiger charge is -2.30. The summed E-state index contributed by atoms with van der Waals surface area (Å²) < 4.78 is 5.62. The average molecular weight is 381 g/mol. The second-order valence-electron chi connectivity index (χ2n) is 6.18. The summed E-state index contributed by atoms with van der Waals surface area (Å²) in [6.45, 7) is 4.19. The van der Waals surface area contributed by atoms with Crippen molar-refractivity contribution in [2.24, 2.45) is 5.92 Å². The summed E-state index contributed by atoms with van der Waals surface area (Å²) in [5.74, 6) is 2.44. The smallest absolute Gasteiger partial charge is 0.233 e. The number of thioether (sulfide) groups is 1. The van der Waals surface area contributed by atoms with Crippen molar-refractivity contribution >= 4 is 29.3 Å². The molecular weight excluding hydrogens is 360 g/mol. The van der Waals surface area contributed by atoms with Gasteiger partial charge in [-0.15, -0.1) is 5.10 Å². The Morgan fingerprint density at radius 2 is 2.24 bits per heavy atom. The first kappa shape index (κ1) is 18.1. The third-order valence-corrected chi connectivity index (χ3v) is 5.12. The van der Waals surface area contributed by atoms with Gasteiger partial charge in [-0.3, -0.25) is 9.89 Å². The van der Waals surface area contributed by atoms with Gasteiger partial charge >= 0.3 is 0 Å². The van der Waals surface area contributed by atoms with Gasteiger partial charge in [0, 0.05) is 18.1 Å². The first-order chi connectivity index (χ1) is 12.1. The van der Waals surface area contributed by atoms with Crippen LogP contribution in [0.4, 0.5) is 0 Å².